The van der Waals surface area contributed by atoms with Gasteiger partial charge in [-0.25, -0.2) is 4.79 Å². The Bertz CT molecular complexity index is 1210. The molecule has 4 rings (SSSR count). The van der Waals surface area contributed by atoms with Crippen LogP contribution in [0.15, 0.2) is 81.3 Å². The average Bonchev–Trinajstić information content (AvgIpc) is 3.23. The predicted molar refractivity (Wildman–Crippen MR) is 116 cm³/mol. The Balaban J connectivity index is 1.50. The molecular weight excluding hydrogens is 392 g/mol. The summed E-state index contributed by atoms with van der Waals surface area (Å²) in [5.41, 5.74) is 2.09. The molecular formula is C21H14N2O3S2. The van der Waals surface area contributed by atoms with E-state index in [9.17, 15) is 9.59 Å². The summed E-state index contributed by atoms with van der Waals surface area (Å²) >= 11 is 6.53. The third-order valence-electron chi connectivity index (χ3n) is 4.07. The molecule has 0 unspecified atom stereocenters. The second-order valence-corrected chi connectivity index (χ2v) is 7.30. The van der Waals surface area contributed by atoms with Crippen molar-refractivity contribution < 1.29 is 9.21 Å². The quantitative estimate of drug-likeness (QED) is 0.383. The van der Waals surface area contributed by atoms with Crippen molar-refractivity contribution in [3.8, 4) is 11.1 Å². The summed E-state index contributed by atoms with van der Waals surface area (Å²) < 4.78 is 5.38. The number of hydrogen-bond donors (Lipinski definition) is 2. The molecule has 2 heterocycles. The highest BCUT2D eigenvalue weighted by Gasteiger charge is 2.10. The van der Waals surface area contributed by atoms with E-state index in [1.807, 2.05) is 29.6 Å². The molecule has 0 aliphatic heterocycles. The number of nitrogens with one attached hydrogen (secondary N) is 2. The molecule has 138 valence electrons. The third-order valence-corrected chi connectivity index (χ3v) is 5.14. The van der Waals surface area contributed by atoms with E-state index in [4.69, 9.17) is 16.6 Å². The number of fused-ring (bicyclic) bond motifs is 1. The van der Waals surface area contributed by atoms with Crippen LogP contribution < -0.4 is 16.3 Å². The number of carbonyl (C=O) groups excluding carboxylic acids is 1. The van der Waals surface area contributed by atoms with Gasteiger partial charge in [-0.2, -0.15) is 0 Å². The van der Waals surface area contributed by atoms with Gasteiger partial charge in [0.25, 0.3) is 5.91 Å². The van der Waals surface area contributed by atoms with Crippen molar-refractivity contribution in [2.75, 3.05) is 5.32 Å². The first-order chi connectivity index (χ1) is 13.6. The highest BCUT2D eigenvalue weighted by atomic mass is 32.1. The minimum absolute atomic E-state index is 0.205. The number of thiophene rings is 1. The van der Waals surface area contributed by atoms with Crippen LogP contribution in [0, 0.1) is 0 Å². The van der Waals surface area contributed by atoms with Crippen molar-refractivity contribution in [1.82, 2.24) is 5.32 Å². The lowest BCUT2D eigenvalue weighted by molar-refractivity contribution is 0.0981. The Hall–Kier alpha value is -3.29. The first kappa shape index (κ1) is 18.1. The maximum absolute atomic E-state index is 12.3. The van der Waals surface area contributed by atoms with Gasteiger partial charge in [-0.05, 0) is 53.5 Å². The largest absolute Gasteiger partial charge is 0.422 e. The molecule has 0 radical (unpaired) electrons. The molecule has 5 nitrogen and oxygen atoms in total. The number of hydrogen-bond acceptors (Lipinski definition) is 5. The summed E-state index contributed by atoms with van der Waals surface area (Å²) in [5.74, 6) is -0.252. The topological polar surface area (TPSA) is 71.3 Å². The van der Waals surface area contributed by atoms with Gasteiger partial charge < -0.3 is 9.73 Å². The van der Waals surface area contributed by atoms with E-state index in [0.717, 1.165) is 10.9 Å². The lowest BCUT2D eigenvalue weighted by atomic mass is 10.1. The number of amides is 1. The van der Waals surface area contributed by atoms with Gasteiger partial charge in [0, 0.05) is 11.1 Å². The lowest BCUT2D eigenvalue weighted by Gasteiger charge is -2.09. The van der Waals surface area contributed by atoms with E-state index in [2.05, 4.69) is 10.6 Å². The molecule has 28 heavy (non-hydrogen) atoms. The second-order valence-electron chi connectivity index (χ2n) is 5.95. The van der Waals surface area contributed by atoms with E-state index in [1.54, 1.807) is 42.5 Å². The number of anilines is 1. The molecule has 7 heteroatoms. The fraction of sp³-hybridized carbons (Fsp3) is 0. The molecule has 0 fully saturated rings. The van der Waals surface area contributed by atoms with Crippen LogP contribution in [0.3, 0.4) is 0 Å². The summed E-state index contributed by atoms with van der Waals surface area (Å²) in [5, 5.41) is 8.48. The van der Waals surface area contributed by atoms with Crippen LogP contribution in [0.2, 0.25) is 0 Å². The maximum Gasteiger partial charge on any atom is 0.344 e. The van der Waals surface area contributed by atoms with Gasteiger partial charge in [0.05, 0.1) is 10.4 Å². The molecule has 0 atom stereocenters. The smallest absolute Gasteiger partial charge is 0.344 e. The van der Waals surface area contributed by atoms with E-state index >= 15 is 0 Å². The third kappa shape index (κ3) is 3.85. The molecule has 2 aromatic heterocycles. The summed E-state index contributed by atoms with van der Waals surface area (Å²) in [4.78, 5) is 24.9. The SMILES string of the molecule is O=C(NC(=S)Nc1ccc(-c2cc3ccccc3oc2=O)cc1)c1cccs1. The average molecular weight is 406 g/mol. The normalized spacial score (nSPS) is 10.6. The highest BCUT2D eigenvalue weighted by molar-refractivity contribution is 7.80. The Kier molecular flexibility index (Phi) is 5.01. The van der Waals surface area contributed by atoms with Crippen molar-refractivity contribution in [1.29, 1.82) is 0 Å². The first-order valence-corrected chi connectivity index (χ1v) is 9.68. The second kappa shape index (κ2) is 7.75. The number of rotatable bonds is 3. The highest BCUT2D eigenvalue weighted by Crippen LogP contribution is 2.22. The van der Waals surface area contributed by atoms with Crippen LogP contribution in [-0.4, -0.2) is 11.0 Å². The maximum atomic E-state index is 12.3. The molecule has 2 aromatic carbocycles. The van der Waals surface area contributed by atoms with Gasteiger partial charge in [0.1, 0.15) is 5.58 Å². The van der Waals surface area contributed by atoms with Crippen LogP contribution in [0.4, 0.5) is 5.69 Å². The molecule has 1 amide bonds. The molecule has 2 N–H and O–H groups in total. The lowest BCUT2D eigenvalue weighted by Crippen LogP contribution is -2.33. The zero-order valence-electron chi connectivity index (χ0n) is 14.5. The van der Waals surface area contributed by atoms with Crippen LogP contribution in [0.25, 0.3) is 22.1 Å². The van der Waals surface area contributed by atoms with Crippen LogP contribution in [0.1, 0.15) is 9.67 Å². The van der Waals surface area contributed by atoms with Gasteiger partial charge in [0.15, 0.2) is 5.11 Å². The summed E-state index contributed by atoms with van der Waals surface area (Å²) in [6.45, 7) is 0. The van der Waals surface area contributed by atoms with Gasteiger partial charge in [-0.15, -0.1) is 11.3 Å². The van der Waals surface area contributed by atoms with Gasteiger partial charge in [-0.1, -0.05) is 36.4 Å². The van der Waals surface area contributed by atoms with Crippen LogP contribution >= 0.6 is 23.6 Å². The number of carbonyl (C=O) groups is 1. The Morgan fingerprint density at radius 2 is 1.79 bits per heavy atom. The van der Waals surface area contributed by atoms with Gasteiger partial charge >= 0.3 is 5.63 Å². The van der Waals surface area contributed by atoms with Gasteiger partial charge in [0.2, 0.25) is 0 Å². The first-order valence-electron chi connectivity index (χ1n) is 8.39. The van der Waals surface area contributed by atoms with E-state index in [1.165, 1.54) is 11.3 Å². The number of para-hydroxylation sites is 1. The standard InChI is InChI=1S/C21H14N2O3S2/c24-19(18-6-3-11-28-18)23-21(27)22-15-9-7-13(8-10-15)16-12-14-4-1-2-5-17(14)26-20(16)25/h1-12H,(H2,22,23,24,27). The van der Waals surface area contributed by atoms with Crippen LogP contribution in [0.5, 0.6) is 0 Å². The van der Waals surface area contributed by atoms with E-state index in [-0.39, 0.29) is 11.0 Å². The monoisotopic (exact) mass is 406 g/mol. The molecule has 0 aliphatic rings. The Labute approximate surface area is 169 Å². The van der Waals surface area contributed by atoms with Gasteiger partial charge in [-0.3, -0.25) is 10.1 Å². The van der Waals surface area contributed by atoms with E-state index < -0.39 is 5.63 Å². The predicted octanol–water partition coefficient (Wildman–Crippen LogP) is 4.65. The molecule has 0 saturated carbocycles. The molecule has 0 saturated heterocycles. The molecule has 4 aromatic rings. The Morgan fingerprint density at radius 3 is 2.54 bits per heavy atom. The van der Waals surface area contributed by atoms with Crippen molar-refractivity contribution in [3.63, 3.8) is 0 Å². The zero-order chi connectivity index (χ0) is 19.5. The minimum atomic E-state index is -0.391. The number of benzene rings is 2. The molecule has 0 spiro atoms. The van der Waals surface area contributed by atoms with Crippen molar-refractivity contribution >= 4 is 51.2 Å². The fourth-order valence-corrected chi connectivity index (χ4v) is 3.56. The van der Waals surface area contributed by atoms with Crippen molar-refractivity contribution in [2.45, 2.75) is 0 Å². The van der Waals surface area contributed by atoms with Crippen LogP contribution in [-0.2, 0) is 0 Å². The Morgan fingerprint density at radius 1 is 1.00 bits per heavy atom. The zero-order valence-corrected chi connectivity index (χ0v) is 16.1. The molecule has 0 aliphatic carbocycles. The summed E-state index contributed by atoms with van der Waals surface area (Å²) in [7, 11) is 0. The van der Waals surface area contributed by atoms with Crippen molar-refractivity contribution in [3.05, 3.63) is 87.4 Å². The molecule has 0 bridgehead atoms. The number of thiocarbonyl (C=S) groups is 1. The minimum Gasteiger partial charge on any atom is -0.422 e. The summed E-state index contributed by atoms with van der Waals surface area (Å²) in [6.07, 6.45) is 0. The van der Waals surface area contributed by atoms with E-state index in [0.29, 0.717) is 21.7 Å². The summed E-state index contributed by atoms with van der Waals surface area (Å²) in [6, 6.07) is 19.9. The van der Waals surface area contributed by atoms with Crippen molar-refractivity contribution in [2.24, 2.45) is 0 Å². The fourth-order valence-electron chi connectivity index (χ4n) is 2.73.